The van der Waals surface area contributed by atoms with Gasteiger partial charge in [0.15, 0.2) is 6.17 Å². The van der Waals surface area contributed by atoms with E-state index in [2.05, 4.69) is 141 Å². The van der Waals surface area contributed by atoms with Crippen LogP contribution in [0.25, 0.3) is 0 Å². The number of aliphatic imine (C=N–C) groups is 1. The van der Waals surface area contributed by atoms with Crippen LogP contribution >= 0.6 is 0 Å². The molecule has 12 unspecified atom stereocenters. The van der Waals surface area contributed by atoms with E-state index >= 15 is 0 Å². The Hall–Kier alpha value is -9.44. The Kier molecular flexibility index (Phi) is 40.9. The van der Waals surface area contributed by atoms with Gasteiger partial charge in [0.2, 0.25) is 17.9 Å². The number of nitrogens with zero attached hydrogens (tertiary/aromatic N) is 14. The molecule has 4 aromatic carbocycles. The number of phenolic OH excluding ortho intramolecular Hbond substituents is 4. The van der Waals surface area contributed by atoms with E-state index in [-0.39, 0.29) is 127 Å². The molecule has 0 bridgehead atoms. The van der Waals surface area contributed by atoms with Crippen molar-refractivity contribution < 1.29 is 63.6 Å². The Bertz CT molecular complexity index is 4210. The van der Waals surface area contributed by atoms with Gasteiger partial charge in [-0.05, 0) is 215 Å². The number of nitrogens with one attached hydrogen (secondary N) is 8. The summed E-state index contributed by atoms with van der Waals surface area (Å²) in [4.78, 5) is 148. The molecule has 8 saturated heterocycles. The molecule has 37 heteroatoms. The van der Waals surface area contributed by atoms with Crippen LogP contribution in [0.2, 0.25) is 19.6 Å². The van der Waals surface area contributed by atoms with Crippen LogP contribution < -0.4 is 42.5 Å². The van der Waals surface area contributed by atoms with Crippen LogP contribution in [0.3, 0.4) is 0 Å². The monoisotopic (exact) mass is 1790 g/mol. The number of aromatic hydroxyl groups is 4. The number of unbranched alkanes of at least 4 members (excludes halogenated alkanes) is 13. The number of hydrogen-bond acceptors (Lipinski definition) is 28. The maximum absolute atomic E-state index is 13.0. The number of rotatable bonds is 38. The summed E-state index contributed by atoms with van der Waals surface area (Å²) in [5.74, 6) is 0.0537. The molecule has 12 atom stereocenters. The zero-order valence-corrected chi connectivity index (χ0v) is 76.9. The summed E-state index contributed by atoms with van der Waals surface area (Å²) in [6.45, 7) is 20.4. The van der Waals surface area contributed by atoms with E-state index in [0.29, 0.717) is 106 Å². The predicted octanol–water partition coefficient (Wildman–Crippen LogP) is 6.63. The molecule has 8 aliphatic heterocycles. The zero-order chi connectivity index (χ0) is 91.3. The molecule has 8 fully saturated rings. The Morgan fingerprint density at radius 1 is 0.496 bits per heavy atom. The number of carbonyl (C=O) groups is 8. The number of imide groups is 1. The molecule has 36 nitrogen and oxygen atoms in total. The molecule has 0 aromatic heterocycles. The minimum Gasteiger partial charge on any atom is -0.508 e. The highest BCUT2D eigenvalue weighted by atomic mass is 28.3. The van der Waals surface area contributed by atoms with Crippen LogP contribution in [0.1, 0.15) is 185 Å². The summed E-state index contributed by atoms with van der Waals surface area (Å²) in [5.41, 5.74) is 2.02. The number of urea groups is 1. The molecule has 9 amide bonds. The minimum atomic E-state index is -1.46. The first-order valence-corrected chi connectivity index (χ1v) is 48.4. The van der Waals surface area contributed by atoms with Crippen LogP contribution in [0, 0.1) is 4.91 Å². The summed E-state index contributed by atoms with van der Waals surface area (Å²) < 4.78 is 2.49. The molecule has 127 heavy (non-hydrogen) atoms. The fourth-order valence-corrected chi connectivity index (χ4v) is 19.7. The summed E-state index contributed by atoms with van der Waals surface area (Å²) >= 11 is 0. The molecule has 702 valence electrons. The number of nitroso groups, excluding NO2 is 1. The number of carbonyl (C=O) groups excluding carboxylic acids is 9. The van der Waals surface area contributed by atoms with Crippen LogP contribution in [-0.4, -0.2) is 349 Å². The van der Waals surface area contributed by atoms with E-state index in [9.17, 15) is 68.5 Å². The summed E-state index contributed by atoms with van der Waals surface area (Å²) in [5, 5.41) is 65.9. The van der Waals surface area contributed by atoms with Crippen molar-refractivity contribution in [2.45, 2.75) is 236 Å². The van der Waals surface area contributed by atoms with E-state index < -0.39 is 20.3 Å². The van der Waals surface area contributed by atoms with Crippen molar-refractivity contribution in [3.05, 3.63) is 124 Å². The first-order valence-electron chi connectivity index (χ1n) is 44.9. The molecular weight excluding hydrogens is 1640 g/mol. The van der Waals surface area contributed by atoms with Crippen LogP contribution in [0.5, 0.6) is 23.0 Å². The maximum Gasteiger partial charge on any atom is 0.327 e. The normalized spacial score (nSPS) is 23.8. The first-order chi connectivity index (χ1) is 60.4. The van der Waals surface area contributed by atoms with Crippen molar-refractivity contribution in [3.8, 4) is 23.0 Å². The number of fused-ring (bicyclic) bond motifs is 4. The van der Waals surface area contributed by atoms with Gasteiger partial charge in [0.05, 0.1) is 57.9 Å². The largest absolute Gasteiger partial charge is 0.508 e. The van der Waals surface area contributed by atoms with E-state index in [4.69, 9.17) is 0 Å². The molecule has 12 rings (SSSR count). The minimum absolute atomic E-state index is 0. The SMILES string of the molecule is C.CC1C(CCCCCCCNC(=O)c2ccc(O)cc2)N(C)C2C(=O)N(C)CNC2N1C.CCN1CN(CCCCCNC(=O)c2ccc(O)cc2)C(=O)C2C1N(C)CN2C.CN1CNC2C1C(=O)N(CCCCCCC(N=C=O)NC(=O)c1ccc(O)cc1)C(=O)N2C.C[Si](C)(C)N1CNC2C(N=O)N(CCCCCCCNC(=O)c3ccc(O)cc3)CNC21. The average Bonchev–Trinajstić information content (AvgIpc) is 1.77. The van der Waals surface area contributed by atoms with E-state index in [1.54, 1.807) is 53.2 Å². The fraction of sp³-hybridized carbons (Fsp3) is 0.633. The van der Waals surface area contributed by atoms with Gasteiger partial charge in [-0.25, -0.2) is 9.59 Å². The smallest absolute Gasteiger partial charge is 0.327 e. The van der Waals surface area contributed by atoms with Crippen LogP contribution in [-0.2, 0) is 19.2 Å². The molecule has 0 radical (unpaired) electrons. The standard InChI is InChI=1S/C24H39N5O3.C22H30N6O5.C22H38N6O3Si.C21H33N5O3.CH4/c1-17-20(29(4)21-22(28(17)3)26-16-27(2)24(21)32)10-8-6-5-7-9-15-25-23(31)18-11-13-19(30)14-12-18;1-26-13-23-19-18(26)21(32)28(22(33)27(19)2)12-6-4-3-5-7-17(24-14-29)25-20(31)15-8-10-16(30)11-9-15;1-32(2,3)28-16-24-19-20(28)25-15-27(21(19)26-31)14-8-6-4-5-7-13-23-22(30)17-9-11-18(29)12-10-17;1-4-25-15-26(21(29)18-20(25)24(3)14-23(18)2)13-7-5-6-12-22-19(28)16-8-10-17(27)11-9-16;/h11-14,17,20-22,26,30H,5-10,15-16H2,1-4H3,(H,25,31);8-11,17-19,23,30H,3-7,12-13H2,1-2H3,(H,25,31);9-12,19-21,24-25,29H,4-8,13-16H2,1-3H3,(H,23,30);8-11,18,20,27H,4-7,12-15H2,1-3H3,(H,22,28);1H4. The number of phenols is 4. The lowest BCUT2D eigenvalue weighted by molar-refractivity contribution is -0.154. The highest BCUT2D eigenvalue weighted by molar-refractivity contribution is 6.73. The highest BCUT2D eigenvalue weighted by Gasteiger charge is 2.53. The van der Waals surface area contributed by atoms with Crippen LogP contribution in [0.15, 0.2) is 107 Å². The Morgan fingerprint density at radius 3 is 1.49 bits per heavy atom. The van der Waals surface area contributed by atoms with Gasteiger partial charge in [-0.15, -0.1) is 4.91 Å². The second kappa shape index (κ2) is 50.5. The first kappa shape index (κ1) is 103. The molecule has 0 spiro atoms. The van der Waals surface area contributed by atoms with Crippen molar-refractivity contribution in [1.29, 1.82) is 0 Å². The maximum atomic E-state index is 13.0. The number of amides is 9. The fourth-order valence-electron chi connectivity index (χ4n) is 18.0. The van der Waals surface area contributed by atoms with Gasteiger partial charge in [0, 0.05) is 94.4 Å². The Morgan fingerprint density at radius 2 is 0.969 bits per heavy atom. The Balaban J connectivity index is 0.000000209. The number of isocyanates is 1. The van der Waals surface area contributed by atoms with E-state index in [0.717, 1.165) is 136 Å². The van der Waals surface area contributed by atoms with Gasteiger partial charge in [0.1, 0.15) is 61.7 Å². The summed E-state index contributed by atoms with van der Waals surface area (Å²) in [7, 11) is 12.3. The van der Waals surface area contributed by atoms with Gasteiger partial charge >= 0.3 is 6.03 Å². The van der Waals surface area contributed by atoms with E-state index in [1.807, 2.05) is 30.9 Å². The van der Waals surface area contributed by atoms with Gasteiger partial charge in [-0.3, -0.25) is 98.6 Å². The van der Waals surface area contributed by atoms with E-state index in [1.165, 1.54) is 71.6 Å². The van der Waals surface area contributed by atoms with Crippen molar-refractivity contribution in [3.63, 3.8) is 0 Å². The molecular formula is C90H144N22O14Si. The Labute approximate surface area is 751 Å². The molecule has 0 saturated carbocycles. The number of piperazine rings is 1. The number of likely N-dealkylation sites (N-methyl/N-ethyl adjacent to an activating group) is 8. The van der Waals surface area contributed by atoms with Gasteiger partial charge in [0.25, 0.3) is 29.5 Å². The van der Waals surface area contributed by atoms with Crippen molar-refractivity contribution in [2.24, 2.45) is 10.2 Å². The number of hydrogen-bond donors (Lipinski definition) is 12. The lowest BCUT2D eigenvalue weighted by atomic mass is 9.91. The van der Waals surface area contributed by atoms with Gasteiger partial charge in [-0.2, -0.15) is 4.99 Å². The molecule has 0 aliphatic carbocycles. The lowest BCUT2D eigenvalue weighted by Crippen LogP contribution is -2.76. The second-order valence-corrected chi connectivity index (χ2v) is 40.3. The summed E-state index contributed by atoms with van der Waals surface area (Å²) in [6.07, 6.45) is 18.6. The molecule has 12 N–H and O–H groups in total. The van der Waals surface area contributed by atoms with Crippen molar-refractivity contribution in [2.75, 3.05) is 135 Å². The topological polar surface area (TPSA) is 411 Å². The van der Waals surface area contributed by atoms with Crippen molar-refractivity contribution in [1.82, 2.24) is 101 Å². The molecule has 8 heterocycles. The molecule has 8 aliphatic rings. The van der Waals surface area contributed by atoms with Crippen LogP contribution in [0.4, 0.5) is 4.79 Å². The average molecular weight is 1790 g/mol. The number of benzene rings is 4. The second-order valence-electron chi connectivity index (χ2n) is 35.4. The summed E-state index contributed by atoms with van der Waals surface area (Å²) in [6, 6.07) is 24.5. The molecule has 4 aromatic rings. The lowest BCUT2D eigenvalue weighted by Gasteiger charge is -2.55. The van der Waals surface area contributed by atoms with Gasteiger partial charge < -0.3 is 56.4 Å². The third kappa shape index (κ3) is 28.5. The zero-order valence-electron chi connectivity index (χ0n) is 75.9. The third-order valence-corrected chi connectivity index (χ3v) is 27.6. The highest BCUT2D eigenvalue weighted by Crippen LogP contribution is 2.33. The third-order valence-electron chi connectivity index (χ3n) is 25.4. The predicted molar refractivity (Wildman–Crippen MR) is 491 cm³/mol. The van der Waals surface area contributed by atoms with Gasteiger partial charge in [-0.1, -0.05) is 91.8 Å². The van der Waals surface area contributed by atoms with Crippen molar-refractivity contribution >= 4 is 61.7 Å². The quantitative estimate of drug-likeness (QED) is 0.00736.